The molecule has 1 saturated carbocycles. The third kappa shape index (κ3) is 4.69. The van der Waals surface area contributed by atoms with Crippen molar-refractivity contribution in [1.82, 2.24) is 4.90 Å². The van der Waals surface area contributed by atoms with E-state index in [2.05, 4.69) is 32.3 Å². The number of hydrogen-bond donors (Lipinski definition) is 0. The Labute approximate surface area is 102 Å². The molecule has 0 aromatic carbocycles. The van der Waals surface area contributed by atoms with Crippen molar-refractivity contribution < 1.29 is 0 Å². The SMILES string of the molecule is C=C(C)CCN(CCC(C)CC)C1CCC1. The number of rotatable bonds is 8. The Bertz CT molecular complexity index is 205. The van der Waals surface area contributed by atoms with Crippen LogP contribution in [0.4, 0.5) is 0 Å². The third-order valence-corrected chi connectivity index (χ3v) is 4.02. The van der Waals surface area contributed by atoms with Crippen LogP contribution in [0.2, 0.25) is 0 Å². The molecule has 16 heavy (non-hydrogen) atoms. The summed E-state index contributed by atoms with van der Waals surface area (Å²) in [6.45, 7) is 13.4. The smallest absolute Gasteiger partial charge is 0.00954 e. The summed E-state index contributed by atoms with van der Waals surface area (Å²) in [5.41, 5.74) is 1.33. The molecule has 1 fully saturated rings. The molecule has 0 spiro atoms. The molecule has 0 saturated heterocycles. The average molecular weight is 223 g/mol. The molecule has 0 bridgehead atoms. The molecule has 0 aromatic heterocycles. The molecule has 0 amide bonds. The van der Waals surface area contributed by atoms with Crippen molar-refractivity contribution in [3.63, 3.8) is 0 Å². The molecule has 1 atom stereocenters. The first-order valence-electron chi connectivity index (χ1n) is 7.02. The molecule has 1 aliphatic carbocycles. The van der Waals surface area contributed by atoms with Gasteiger partial charge < -0.3 is 4.90 Å². The van der Waals surface area contributed by atoms with Gasteiger partial charge in [0.05, 0.1) is 0 Å². The Morgan fingerprint density at radius 1 is 1.38 bits per heavy atom. The lowest BCUT2D eigenvalue weighted by Crippen LogP contribution is -2.41. The van der Waals surface area contributed by atoms with Crippen LogP contribution < -0.4 is 0 Å². The quantitative estimate of drug-likeness (QED) is 0.556. The number of nitrogens with zero attached hydrogens (tertiary/aromatic N) is 1. The second-order valence-corrected chi connectivity index (χ2v) is 5.63. The van der Waals surface area contributed by atoms with Crippen molar-refractivity contribution in [3.05, 3.63) is 12.2 Å². The Kier molecular flexibility index (Phi) is 6.12. The maximum absolute atomic E-state index is 4.02. The van der Waals surface area contributed by atoms with Crippen LogP contribution in [0, 0.1) is 5.92 Å². The van der Waals surface area contributed by atoms with Crippen LogP contribution in [-0.4, -0.2) is 24.0 Å². The number of hydrogen-bond acceptors (Lipinski definition) is 1. The third-order valence-electron chi connectivity index (χ3n) is 4.02. The van der Waals surface area contributed by atoms with Crippen LogP contribution in [0.1, 0.15) is 59.3 Å². The lowest BCUT2D eigenvalue weighted by Gasteiger charge is -2.38. The molecule has 1 heteroatoms. The van der Waals surface area contributed by atoms with Gasteiger partial charge in [-0.3, -0.25) is 0 Å². The van der Waals surface area contributed by atoms with Gasteiger partial charge in [-0.2, -0.15) is 0 Å². The summed E-state index contributed by atoms with van der Waals surface area (Å²) in [5.74, 6) is 0.882. The van der Waals surface area contributed by atoms with Crippen molar-refractivity contribution >= 4 is 0 Å². The van der Waals surface area contributed by atoms with E-state index in [1.165, 1.54) is 57.2 Å². The van der Waals surface area contributed by atoms with E-state index < -0.39 is 0 Å². The van der Waals surface area contributed by atoms with E-state index in [-0.39, 0.29) is 0 Å². The molecule has 0 N–H and O–H groups in total. The summed E-state index contributed by atoms with van der Waals surface area (Å²) in [4.78, 5) is 2.71. The van der Waals surface area contributed by atoms with Crippen LogP contribution in [0.25, 0.3) is 0 Å². The van der Waals surface area contributed by atoms with E-state index in [4.69, 9.17) is 0 Å². The Balaban J connectivity index is 2.28. The van der Waals surface area contributed by atoms with E-state index in [1.54, 1.807) is 0 Å². The lowest BCUT2D eigenvalue weighted by molar-refractivity contribution is 0.121. The first kappa shape index (κ1) is 13.8. The van der Waals surface area contributed by atoms with Gasteiger partial charge in [0.15, 0.2) is 0 Å². The first-order chi connectivity index (χ1) is 7.63. The Hall–Kier alpha value is -0.300. The Morgan fingerprint density at radius 3 is 2.50 bits per heavy atom. The molecular weight excluding hydrogens is 194 g/mol. The minimum Gasteiger partial charge on any atom is -0.300 e. The highest BCUT2D eigenvalue weighted by molar-refractivity contribution is 4.90. The summed E-state index contributed by atoms with van der Waals surface area (Å²) in [5, 5.41) is 0. The zero-order valence-corrected chi connectivity index (χ0v) is 11.5. The van der Waals surface area contributed by atoms with Gasteiger partial charge in [-0.15, -0.1) is 6.58 Å². The van der Waals surface area contributed by atoms with Gasteiger partial charge >= 0.3 is 0 Å². The standard InChI is InChI=1S/C15H29N/c1-5-14(4)10-12-16(11-9-13(2)3)15-7-6-8-15/h14-15H,2,5-12H2,1,3-4H3. The predicted octanol–water partition coefficient (Wildman–Crippen LogP) is 4.24. The van der Waals surface area contributed by atoms with Crippen molar-refractivity contribution in [1.29, 1.82) is 0 Å². The van der Waals surface area contributed by atoms with E-state index in [9.17, 15) is 0 Å². The summed E-state index contributed by atoms with van der Waals surface area (Å²) >= 11 is 0. The van der Waals surface area contributed by atoms with Gasteiger partial charge in [0, 0.05) is 12.6 Å². The summed E-state index contributed by atoms with van der Waals surface area (Å²) in [7, 11) is 0. The molecule has 94 valence electrons. The zero-order chi connectivity index (χ0) is 12.0. The lowest BCUT2D eigenvalue weighted by atomic mass is 9.90. The summed E-state index contributed by atoms with van der Waals surface area (Å²) in [6, 6.07) is 0.892. The van der Waals surface area contributed by atoms with Gasteiger partial charge in [-0.1, -0.05) is 32.3 Å². The second kappa shape index (κ2) is 7.11. The summed E-state index contributed by atoms with van der Waals surface area (Å²) in [6.07, 6.45) is 8.16. The van der Waals surface area contributed by atoms with Gasteiger partial charge in [0.2, 0.25) is 0 Å². The van der Waals surface area contributed by atoms with E-state index >= 15 is 0 Å². The van der Waals surface area contributed by atoms with Crippen LogP contribution in [0.3, 0.4) is 0 Å². The summed E-state index contributed by atoms with van der Waals surface area (Å²) < 4.78 is 0. The van der Waals surface area contributed by atoms with E-state index in [0.717, 1.165) is 12.0 Å². The minimum atomic E-state index is 0.882. The normalized spacial score (nSPS) is 18.5. The van der Waals surface area contributed by atoms with E-state index in [1.807, 2.05) is 0 Å². The van der Waals surface area contributed by atoms with Gasteiger partial charge in [-0.05, 0) is 45.1 Å². The highest BCUT2D eigenvalue weighted by Gasteiger charge is 2.24. The molecule has 1 unspecified atom stereocenters. The largest absolute Gasteiger partial charge is 0.300 e. The van der Waals surface area contributed by atoms with Gasteiger partial charge in [-0.25, -0.2) is 0 Å². The zero-order valence-electron chi connectivity index (χ0n) is 11.5. The van der Waals surface area contributed by atoms with Crippen molar-refractivity contribution in [2.24, 2.45) is 5.92 Å². The molecule has 0 aliphatic heterocycles. The predicted molar refractivity (Wildman–Crippen MR) is 72.7 cm³/mol. The van der Waals surface area contributed by atoms with Crippen LogP contribution in [-0.2, 0) is 0 Å². The topological polar surface area (TPSA) is 3.24 Å². The monoisotopic (exact) mass is 223 g/mol. The molecule has 0 heterocycles. The maximum atomic E-state index is 4.02. The molecule has 0 radical (unpaired) electrons. The molecule has 0 aromatic rings. The maximum Gasteiger partial charge on any atom is 0.00954 e. The van der Waals surface area contributed by atoms with Gasteiger partial charge in [0.25, 0.3) is 0 Å². The second-order valence-electron chi connectivity index (χ2n) is 5.63. The first-order valence-corrected chi connectivity index (χ1v) is 7.02. The molecular formula is C15H29N. The molecule has 1 rings (SSSR count). The Morgan fingerprint density at radius 2 is 2.06 bits per heavy atom. The minimum absolute atomic E-state index is 0.882. The van der Waals surface area contributed by atoms with Gasteiger partial charge in [0.1, 0.15) is 0 Å². The van der Waals surface area contributed by atoms with Crippen molar-refractivity contribution in [2.75, 3.05) is 13.1 Å². The van der Waals surface area contributed by atoms with Crippen molar-refractivity contribution in [2.45, 2.75) is 65.3 Å². The van der Waals surface area contributed by atoms with E-state index in [0.29, 0.717) is 0 Å². The fourth-order valence-electron chi connectivity index (χ4n) is 2.15. The highest BCUT2D eigenvalue weighted by atomic mass is 15.2. The fourth-order valence-corrected chi connectivity index (χ4v) is 2.15. The van der Waals surface area contributed by atoms with Crippen LogP contribution in [0.15, 0.2) is 12.2 Å². The fraction of sp³-hybridized carbons (Fsp3) is 0.867. The average Bonchev–Trinajstić information content (AvgIpc) is 2.18. The van der Waals surface area contributed by atoms with Crippen LogP contribution in [0.5, 0.6) is 0 Å². The van der Waals surface area contributed by atoms with Crippen LogP contribution >= 0.6 is 0 Å². The van der Waals surface area contributed by atoms with Crippen molar-refractivity contribution in [3.8, 4) is 0 Å². The molecule has 1 nitrogen and oxygen atoms in total. The molecule has 1 aliphatic rings. The highest BCUT2D eigenvalue weighted by Crippen LogP contribution is 2.26.